The number of hydrogen-bond donors (Lipinski definition) is 0. The molecule has 1 saturated heterocycles. The fraction of sp³-hybridized carbons (Fsp3) is 0.476. The molecule has 28 heavy (non-hydrogen) atoms. The third kappa shape index (κ3) is 3.68. The van der Waals surface area contributed by atoms with Gasteiger partial charge in [0.25, 0.3) is 0 Å². The lowest BCUT2D eigenvalue weighted by Gasteiger charge is -2.26. The number of fused-ring (bicyclic) bond motifs is 1. The fourth-order valence-electron chi connectivity index (χ4n) is 4.17. The zero-order chi connectivity index (χ0) is 19.5. The molecule has 0 bridgehead atoms. The minimum absolute atomic E-state index is 0.186. The summed E-state index contributed by atoms with van der Waals surface area (Å²) in [5.41, 5.74) is 2.00. The van der Waals surface area contributed by atoms with Gasteiger partial charge in [-0.2, -0.15) is 11.8 Å². The van der Waals surface area contributed by atoms with Gasteiger partial charge in [0, 0.05) is 37.9 Å². The molecule has 7 heteroatoms. The number of benzene rings is 1. The third-order valence-electron chi connectivity index (χ3n) is 5.52. The van der Waals surface area contributed by atoms with E-state index in [1.807, 2.05) is 30.6 Å². The molecule has 4 rings (SSSR count). The van der Waals surface area contributed by atoms with Gasteiger partial charge in [0.15, 0.2) is 0 Å². The van der Waals surface area contributed by atoms with Gasteiger partial charge < -0.3 is 14.0 Å². The molecule has 1 atom stereocenters. The molecule has 1 amide bonds. The number of aryl methyl sites for hydroxylation is 1. The Morgan fingerprint density at radius 1 is 1.29 bits per heavy atom. The van der Waals surface area contributed by atoms with Crippen molar-refractivity contribution in [2.45, 2.75) is 51.1 Å². The Morgan fingerprint density at radius 2 is 2.14 bits per heavy atom. The molecule has 1 aliphatic rings. The van der Waals surface area contributed by atoms with Crippen molar-refractivity contribution in [2.75, 3.05) is 12.8 Å². The maximum atomic E-state index is 13.3. The van der Waals surface area contributed by atoms with Gasteiger partial charge in [0.05, 0.1) is 16.8 Å². The number of nitrogens with zero attached hydrogens (tertiary/aromatic N) is 5. The van der Waals surface area contributed by atoms with Crippen LogP contribution < -0.4 is 0 Å². The normalized spacial score (nSPS) is 16.9. The first kappa shape index (κ1) is 19.1. The van der Waals surface area contributed by atoms with Gasteiger partial charge in [-0.15, -0.1) is 0 Å². The molecule has 0 unspecified atom stereocenters. The number of imidazole rings is 2. The highest BCUT2D eigenvalue weighted by atomic mass is 32.2. The van der Waals surface area contributed by atoms with Crippen LogP contribution in [0, 0.1) is 0 Å². The van der Waals surface area contributed by atoms with E-state index in [0.29, 0.717) is 6.54 Å². The molecule has 1 aliphatic heterocycles. The van der Waals surface area contributed by atoms with Gasteiger partial charge >= 0.3 is 0 Å². The summed E-state index contributed by atoms with van der Waals surface area (Å²) in [7, 11) is 0. The second-order valence-electron chi connectivity index (χ2n) is 7.27. The van der Waals surface area contributed by atoms with E-state index < -0.39 is 0 Å². The molecular formula is C21H27N5OS. The SMILES string of the molecule is CCc1nccn1C[C@H]1CCCN1C(=O)Cn1c(CSC)nc2ccccc21. The summed E-state index contributed by atoms with van der Waals surface area (Å²) < 4.78 is 4.29. The number of rotatable bonds is 7. The van der Waals surface area contributed by atoms with Gasteiger partial charge in [0.2, 0.25) is 5.91 Å². The number of amides is 1. The largest absolute Gasteiger partial charge is 0.336 e. The maximum absolute atomic E-state index is 13.3. The summed E-state index contributed by atoms with van der Waals surface area (Å²) in [6.07, 6.45) is 8.97. The van der Waals surface area contributed by atoms with Crippen LogP contribution >= 0.6 is 11.8 Å². The van der Waals surface area contributed by atoms with E-state index in [4.69, 9.17) is 4.98 Å². The summed E-state index contributed by atoms with van der Waals surface area (Å²) in [5, 5.41) is 0. The van der Waals surface area contributed by atoms with E-state index in [0.717, 1.165) is 60.8 Å². The second kappa shape index (κ2) is 8.39. The van der Waals surface area contributed by atoms with E-state index >= 15 is 0 Å². The predicted molar refractivity (Wildman–Crippen MR) is 113 cm³/mol. The fourth-order valence-corrected chi connectivity index (χ4v) is 4.65. The molecule has 0 spiro atoms. The first-order valence-corrected chi connectivity index (χ1v) is 11.3. The van der Waals surface area contributed by atoms with Gasteiger partial charge in [-0.05, 0) is 31.2 Å². The molecule has 0 N–H and O–H groups in total. The lowest BCUT2D eigenvalue weighted by atomic mass is 10.2. The van der Waals surface area contributed by atoms with Gasteiger partial charge in [-0.3, -0.25) is 4.79 Å². The van der Waals surface area contributed by atoms with E-state index in [2.05, 4.69) is 38.3 Å². The van der Waals surface area contributed by atoms with Crippen LogP contribution in [0.4, 0.5) is 0 Å². The van der Waals surface area contributed by atoms with Crippen LogP contribution in [-0.4, -0.2) is 48.8 Å². The Morgan fingerprint density at radius 3 is 2.96 bits per heavy atom. The molecule has 0 saturated carbocycles. The average Bonchev–Trinajstić information content (AvgIpc) is 3.42. The molecule has 0 radical (unpaired) electrons. The zero-order valence-corrected chi connectivity index (χ0v) is 17.4. The molecule has 6 nitrogen and oxygen atoms in total. The van der Waals surface area contributed by atoms with Gasteiger partial charge in [0.1, 0.15) is 18.2 Å². The monoisotopic (exact) mass is 397 g/mol. The quantitative estimate of drug-likeness (QED) is 0.613. The lowest BCUT2D eigenvalue weighted by molar-refractivity contribution is -0.132. The Kier molecular flexibility index (Phi) is 5.71. The third-order valence-corrected chi connectivity index (χ3v) is 6.07. The summed E-state index contributed by atoms with van der Waals surface area (Å²) in [4.78, 5) is 24.5. The first-order chi connectivity index (χ1) is 13.7. The summed E-state index contributed by atoms with van der Waals surface area (Å²) in [6.45, 7) is 4.15. The van der Waals surface area contributed by atoms with Crippen molar-refractivity contribution in [1.82, 2.24) is 24.0 Å². The first-order valence-electron chi connectivity index (χ1n) is 9.93. The molecule has 1 aromatic carbocycles. The number of para-hydroxylation sites is 2. The van der Waals surface area contributed by atoms with Crippen LogP contribution in [0.1, 0.15) is 31.4 Å². The smallest absolute Gasteiger partial charge is 0.242 e. The number of carbonyl (C=O) groups is 1. The highest BCUT2D eigenvalue weighted by Crippen LogP contribution is 2.23. The minimum atomic E-state index is 0.186. The molecule has 148 valence electrons. The summed E-state index contributed by atoms with van der Waals surface area (Å²) in [6, 6.07) is 8.32. The molecule has 2 aromatic heterocycles. The van der Waals surface area contributed by atoms with Crippen molar-refractivity contribution in [3.8, 4) is 0 Å². The number of aromatic nitrogens is 4. The van der Waals surface area contributed by atoms with Gasteiger partial charge in [-0.1, -0.05) is 19.1 Å². The number of carbonyl (C=O) groups excluding carboxylic acids is 1. The van der Waals surface area contributed by atoms with Crippen LogP contribution in [0.3, 0.4) is 0 Å². The Labute approximate surface area is 170 Å². The van der Waals surface area contributed by atoms with Crippen molar-refractivity contribution in [3.63, 3.8) is 0 Å². The number of likely N-dealkylation sites (tertiary alicyclic amines) is 1. The van der Waals surface area contributed by atoms with Crippen molar-refractivity contribution in [3.05, 3.63) is 48.3 Å². The molecule has 3 heterocycles. The number of hydrogen-bond acceptors (Lipinski definition) is 4. The zero-order valence-electron chi connectivity index (χ0n) is 16.5. The van der Waals surface area contributed by atoms with Crippen LogP contribution in [0.2, 0.25) is 0 Å². The van der Waals surface area contributed by atoms with Crippen LogP contribution in [0.5, 0.6) is 0 Å². The van der Waals surface area contributed by atoms with Crippen LogP contribution in [0.15, 0.2) is 36.7 Å². The van der Waals surface area contributed by atoms with Crippen molar-refractivity contribution in [2.24, 2.45) is 0 Å². The maximum Gasteiger partial charge on any atom is 0.242 e. The Balaban J connectivity index is 1.54. The van der Waals surface area contributed by atoms with E-state index in [-0.39, 0.29) is 11.9 Å². The van der Waals surface area contributed by atoms with Crippen LogP contribution in [-0.2, 0) is 30.1 Å². The highest BCUT2D eigenvalue weighted by Gasteiger charge is 2.30. The Bertz CT molecular complexity index is 963. The Hall–Kier alpha value is -2.28. The van der Waals surface area contributed by atoms with Crippen molar-refractivity contribution >= 4 is 28.7 Å². The van der Waals surface area contributed by atoms with E-state index in [1.54, 1.807) is 11.8 Å². The lowest BCUT2D eigenvalue weighted by Crippen LogP contribution is -2.40. The van der Waals surface area contributed by atoms with Crippen molar-refractivity contribution < 1.29 is 4.79 Å². The van der Waals surface area contributed by atoms with Gasteiger partial charge in [-0.25, -0.2) is 9.97 Å². The minimum Gasteiger partial charge on any atom is -0.336 e. The molecule has 1 fully saturated rings. The number of thioether (sulfide) groups is 1. The standard InChI is InChI=1S/C21H27N5OS/c1-3-19-22-10-12-24(19)13-16-7-6-11-25(16)21(27)14-26-18-9-5-4-8-17(18)23-20(26)15-28-2/h4-5,8-10,12,16H,3,6-7,11,13-15H2,1-2H3/t16-/m1/s1. The van der Waals surface area contributed by atoms with E-state index in [9.17, 15) is 4.79 Å². The average molecular weight is 398 g/mol. The predicted octanol–water partition coefficient (Wildman–Crippen LogP) is 3.35. The molecular weight excluding hydrogens is 370 g/mol. The topological polar surface area (TPSA) is 56.0 Å². The summed E-state index contributed by atoms with van der Waals surface area (Å²) >= 11 is 1.73. The summed E-state index contributed by atoms with van der Waals surface area (Å²) in [5.74, 6) is 3.05. The van der Waals surface area contributed by atoms with Crippen molar-refractivity contribution in [1.29, 1.82) is 0 Å². The van der Waals surface area contributed by atoms with Crippen LogP contribution in [0.25, 0.3) is 11.0 Å². The molecule has 0 aliphatic carbocycles. The second-order valence-corrected chi connectivity index (χ2v) is 8.13. The highest BCUT2D eigenvalue weighted by molar-refractivity contribution is 7.97. The van der Waals surface area contributed by atoms with E-state index in [1.165, 1.54) is 0 Å². The molecule has 3 aromatic rings.